The van der Waals surface area contributed by atoms with E-state index in [9.17, 15) is 9.18 Å². The zero-order valence-corrected chi connectivity index (χ0v) is 9.51. The van der Waals surface area contributed by atoms with Crippen LogP contribution in [0.2, 0.25) is 0 Å². The first kappa shape index (κ1) is 10.2. The molecule has 2 nitrogen and oxygen atoms in total. The normalized spacial score (nSPS) is 10.6. The Morgan fingerprint density at radius 3 is 2.80 bits per heavy atom. The summed E-state index contributed by atoms with van der Waals surface area (Å²) < 4.78 is 14.4. The lowest BCUT2D eigenvalue weighted by Gasteiger charge is -2.05. The summed E-state index contributed by atoms with van der Waals surface area (Å²) in [6, 6.07) is 3.09. The molecule has 0 spiro atoms. The number of carbonyl (C=O) groups is 1. The van der Waals surface area contributed by atoms with Crippen molar-refractivity contribution >= 4 is 33.0 Å². The number of halogens is 2. The molecule has 0 amide bonds. The molecular formula is C11H7BrFNO. The highest BCUT2D eigenvalue weighted by Gasteiger charge is 2.10. The first-order chi connectivity index (χ1) is 7.13. The lowest BCUT2D eigenvalue weighted by atomic mass is 10.1. The minimum absolute atomic E-state index is 0.0555. The highest BCUT2D eigenvalue weighted by molar-refractivity contribution is 9.10. The molecule has 0 fully saturated rings. The second-order valence-electron chi connectivity index (χ2n) is 3.25. The zero-order chi connectivity index (χ0) is 11.0. The van der Waals surface area contributed by atoms with Gasteiger partial charge in [0.25, 0.3) is 0 Å². The molecule has 0 aliphatic heterocycles. The minimum atomic E-state index is -0.492. The van der Waals surface area contributed by atoms with E-state index < -0.39 is 5.82 Å². The van der Waals surface area contributed by atoms with Crippen LogP contribution in [0.3, 0.4) is 0 Å². The smallest absolute Gasteiger partial charge is 0.153 e. The Balaban J connectivity index is 2.94. The van der Waals surface area contributed by atoms with E-state index in [1.807, 2.05) is 0 Å². The van der Waals surface area contributed by atoms with E-state index in [0.29, 0.717) is 21.5 Å². The van der Waals surface area contributed by atoms with Gasteiger partial charge in [-0.3, -0.25) is 9.78 Å². The highest BCUT2D eigenvalue weighted by atomic mass is 79.9. The van der Waals surface area contributed by atoms with Gasteiger partial charge >= 0.3 is 0 Å². The number of aldehydes is 1. The van der Waals surface area contributed by atoms with Gasteiger partial charge in [0.1, 0.15) is 5.82 Å². The molecular weight excluding hydrogens is 261 g/mol. The molecule has 1 aromatic heterocycles. The number of fused-ring (bicyclic) bond motifs is 1. The molecule has 0 unspecified atom stereocenters. The van der Waals surface area contributed by atoms with Gasteiger partial charge in [0.15, 0.2) is 6.29 Å². The maximum atomic E-state index is 13.7. The third-order valence-corrected chi connectivity index (χ3v) is 2.85. The average Bonchev–Trinajstić information content (AvgIpc) is 2.23. The number of aryl methyl sites for hydroxylation is 1. The van der Waals surface area contributed by atoms with E-state index >= 15 is 0 Å². The number of benzene rings is 1. The van der Waals surface area contributed by atoms with Crippen LogP contribution in [0.15, 0.2) is 22.8 Å². The van der Waals surface area contributed by atoms with Gasteiger partial charge in [-0.25, -0.2) is 4.39 Å². The number of hydrogen-bond acceptors (Lipinski definition) is 2. The number of aromatic nitrogens is 1. The van der Waals surface area contributed by atoms with Crippen LogP contribution in [0.5, 0.6) is 0 Å². The highest BCUT2D eigenvalue weighted by Crippen LogP contribution is 2.28. The van der Waals surface area contributed by atoms with Crippen molar-refractivity contribution in [2.24, 2.45) is 0 Å². The molecule has 0 saturated heterocycles. The number of nitrogens with zero attached hydrogens (tertiary/aromatic N) is 1. The van der Waals surface area contributed by atoms with Crippen molar-refractivity contribution in [1.82, 2.24) is 4.98 Å². The van der Waals surface area contributed by atoms with E-state index in [1.54, 1.807) is 19.2 Å². The number of hydrogen-bond donors (Lipinski definition) is 0. The molecule has 0 aliphatic carbocycles. The van der Waals surface area contributed by atoms with Crippen LogP contribution in [0.25, 0.3) is 10.8 Å². The number of rotatable bonds is 1. The summed E-state index contributed by atoms with van der Waals surface area (Å²) in [5.41, 5.74) is 0.774. The lowest BCUT2D eigenvalue weighted by molar-refractivity contribution is 0.112. The quantitative estimate of drug-likeness (QED) is 0.743. The van der Waals surface area contributed by atoms with Crippen LogP contribution in [0, 0.1) is 12.7 Å². The Kier molecular flexibility index (Phi) is 2.52. The molecule has 0 bridgehead atoms. The van der Waals surface area contributed by atoms with Crippen molar-refractivity contribution in [2.75, 3.05) is 0 Å². The van der Waals surface area contributed by atoms with Crippen molar-refractivity contribution in [3.8, 4) is 0 Å². The summed E-state index contributed by atoms with van der Waals surface area (Å²) in [7, 11) is 0. The minimum Gasteiger partial charge on any atom is -0.298 e. The first-order valence-corrected chi connectivity index (χ1v) is 5.12. The van der Waals surface area contributed by atoms with Crippen LogP contribution in [-0.4, -0.2) is 11.3 Å². The van der Waals surface area contributed by atoms with Gasteiger partial charge in [-0.2, -0.15) is 0 Å². The standard InChI is InChI=1S/C11H7BrFNO/c1-6-2-8-9(4-14-6)10(12)3-7(5-15)11(8)13/h2-5H,1H3. The molecule has 1 heterocycles. The summed E-state index contributed by atoms with van der Waals surface area (Å²) in [6.07, 6.45) is 2.10. The summed E-state index contributed by atoms with van der Waals surface area (Å²) in [6.45, 7) is 1.78. The fraction of sp³-hybridized carbons (Fsp3) is 0.0909. The van der Waals surface area contributed by atoms with Crippen LogP contribution in [-0.2, 0) is 0 Å². The third kappa shape index (κ3) is 1.65. The SMILES string of the molecule is Cc1cc2c(F)c(C=O)cc(Br)c2cn1. The van der Waals surface area contributed by atoms with Crippen LogP contribution in [0.4, 0.5) is 4.39 Å². The third-order valence-electron chi connectivity index (χ3n) is 2.20. The second kappa shape index (κ2) is 3.70. The summed E-state index contributed by atoms with van der Waals surface area (Å²) >= 11 is 3.28. The van der Waals surface area contributed by atoms with E-state index in [4.69, 9.17) is 0 Å². The van der Waals surface area contributed by atoms with E-state index in [0.717, 1.165) is 5.69 Å². The summed E-state index contributed by atoms with van der Waals surface area (Å²) in [4.78, 5) is 14.7. The predicted molar refractivity (Wildman–Crippen MR) is 59.5 cm³/mol. The Morgan fingerprint density at radius 2 is 2.13 bits per heavy atom. The Morgan fingerprint density at radius 1 is 1.40 bits per heavy atom. The van der Waals surface area contributed by atoms with Crippen molar-refractivity contribution < 1.29 is 9.18 Å². The lowest BCUT2D eigenvalue weighted by Crippen LogP contribution is -1.92. The second-order valence-corrected chi connectivity index (χ2v) is 4.11. The first-order valence-electron chi connectivity index (χ1n) is 4.33. The molecule has 0 N–H and O–H groups in total. The molecule has 15 heavy (non-hydrogen) atoms. The van der Waals surface area contributed by atoms with Crippen LogP contribution < -0.4 is 0 Å². The summed E-state index contributed by atoms with van der Waals surface area (Å²) in [5, 5.41) is 1.09. The van der Waals surface area contributed by atoms with Gasteiger partial charge in [-0.15, -0.1) is 0 Å². The fourth-order valence-electron chi connectivity index (χ4n) is 1.45. The zero-order valence-electron chi connectivity index (χ0n) is 7.92. The maximum Gasteiger partial charge on any atom is 0.153 e. The average molecular weight is 268 g/mol. The largest absolute Gasteiger partial charge is 0.298 e. The van der Waals surface area contributed by atoms with Gasteiger partial charge in [0, 0.05) is 27.1 Å². The molecule has 0 radical (unpaired) electrons. The van der Waals surface area contributed by atoms with E-state index in [-0.39, 0.29) is 5.56 Å². The van der Waals surface area contributed by atoms with E-state index in [2.05, 4.69) is 20.9 Å². The van der Waals surface area contributed by atoms with Crippen molar-refractivity contribution in [1.29, 1.82) is 0 Å². The van der Waals surface area contributed by atoms with Gasteiger partial charge in [-0.1, -0.05) is 15.9 Å². The van der Waals surface area contributed by atoms with Gasteiger partial charge < -0.3 is 0 Å². The van der Waals surface area contributed by atoms with E-state index in [1.165, 1.54) is 6.07 Å². The number of pyridine rings is 1. The topological polar surface area (TPSA) is 30.0 Å². The van der Waals surface area contributed by atoms with Crippen molar-refractivity contribution in [3.05, 3.63) is 39.9 Å². The monoisotopic (exact) mass is 267 g/mol. The van der Waals surface area contributed by atoms with Gasteiger partial charge in [-0.05, 0) is 19.1 Å². The molecule has 76 valence electrons. The Labute approximate surface area is 94.3 Å². The van der Waals surface area contributed by atoms with Gasteiger partial charge in [0.2, 0.25) is 0 Å². The fourth-order valence-corrected chi connectivity index (χ4v) is 2.01. The van der Waals surface area contributed by atoms with Crippen LogP contribution >= 0.6 is 15.9 Å². The van der Waals surface area contributed by atoms with Crippen molar-refractivity contribution in [2.45, 2.75) is 6.92 Å². The molecule has 1 aromatic carbocycles. The predicted octanol–water partition coefficient (Wildman–Crippen LogP) is 3.26. The van der Waals surface area contributed by atoms with Crippen LogP contribution in [0.1, 0.15) is 16.1 Å². The number of carbonyl (C=O) groups excluding carboxylic acids is 1. The summed E-state index contributed by atoms with van der Waals surface area (Å²) in [5.74, 6) is -0.492. The molecule has 4 heteroatoms. The molecule has 0 aliphatic rings. The molecule has 0 atom stereocenters. The molecule has 2 aromatic rings. The molecule has 0 saturated carbocycles. The molecule has 2 rings (SSSR count). The van der Waals surface area contributed by atoms with Crippen molar-refractivity contribution in [3.63, 3.8) is 0 Å². The Hall–Kier alpha value is -1.29. The van der Waals surface area contributed by atoms with Gasteiger partial charge in [0.05, 0.1) is 5.56 Å². The maximum absolute atomic E-state index is 13.7. The Bertz CT molecular complexity index is 554.